The number of halogens is 2. The first kappa shape index (κ1) is 420. The Balaban J connectivity index is 0. The number of hydrogen-bond acceptors (Lipinski definition) is 0. The molecule has 0 rings (SSSR count). The molecule has 0 heterocycles. The molecule has 4 heteroatoms. The Morgan fingerprint density at radius 1 is 0.750 bits per heavy atom. The van der Waals surface area contributed by atoms with Gasteiger partial charge in [0, 0.05) is 0 Å². The fraction of sp³-hybridized carbons (Fsp3) is 0. The van der Waals surface area contributed by atoms with E-state index < -0.39 is 0 Å². The minimum Gasteiger partial charge on any atom is -1.00 e. The molecule has 0 aliphatic carbocycles. The van der Waals surface area contributed by atoms with Gasteiger partial charge in [0.1, 0.15) is 0 Å². The van der Waals surface area contributed by atoms with Gasteiger partial charge in [-0.1, -0.05) is 0 Å². The third-order valence-corrected chi connectivity index (χ3v) is 0. The van der Waals surface area contributed by atoms with Crippen molar-refractivity contribution in [3.63, 3.8) is 0 Å². The molecule has 0 saturated heterocycles. The van der Waals surface area contributed by atoms with Crippen molar-refractivity contribution in [3.8, 4) is 0 Å². The molecule has 33 valence electrons. The Labute approximate surface area is 32.9 Å². The zero-order chi connectivity index (χ0) is 0. The summed E-state index contributed by atoms with van der Waals surface area (Å²) in [5.74, 6) is 0. The molecule has 4 heavy (non-hydrogen) atoms. The molecule has 1 radical (unpaired) electrons. The SMILES string of the molecule is O.[Cu+2].[F-].[F-]. The molecule has 0 atom stereocenters. The van der Waals surface area contributed by atoms with Crippen LogP contribution in [0.25, 0.3) is 0 Å². The molecule has 2 N–H and O–H groups in total. The van der Waals surface area contributed by atoms with Gasteiger partial charge in [-0.25, -0.2) is 0 Å². The minimum atomic E-state index is 0. The van der Waals surface area contributed by atoms with E-state index in [0.717, 1.165) is 0 Å². The standard InChI is InChI=1S/Cu.2FH.H2O/h;2*1H;1H2/q+2;;;/p-2. The second-order valence-electron chi connectivity index (χ2n) is 0. The van der Waals surface area contributed by atoms with Gasteiger partial charge in [0.05, 0.1) is 0 Å². The zero-order valence-corrected chi connectivity index (χ0v) is 2.50. The predicted octanol–water partition coefficient (Wildman–Crippen LogP) is -6.82. The van der Waals surface area contributed by atoms with Crippen molar-refractivity contribution in [1.82, 2.24) is 0 Å². The number of hydrogen-bond donors (Lipinski definition) is 0. The van der Waals surface area contributed by atoms with Crippen molar-refractivity contribution in [2.24, 2.45) is 0 Å². The molecule has 0 unspecified atom stereocenters. The molecular weight excluding hydrogens is 118 g/mol. The summed E-state index contributed by atoms with van der Waals surface area (Å²) in [5.41, 5.74) is 0. The van der Waals surface area contributed by atoms with E-state index in [-0.39, 0.29) is 32.0 Å². The fourth-order valence-corrected chi connectivity index (χ4v) is 0. The molecule has 0 aliphatic rings. The average molecular weight is 120 g/mol. The van der Waals surface area contributed by atoms with Gasteiger partial charge in [0.2, 0.25) is 0 Å². The topological polar surface area (TPSA) is 31.5 Å². The van der Waals surface area contributed by atoms with Crippen molar-refractivity contribution in [3.05, 3.63) is 0 Å². The van der Waals surface area contributed by atoms with E-state index >= 15 is 0 Å². The van der Waals surface area contributed by atoms with Gasteiger partial charge in [0.25, 0.3) is 0 Å². The molecule has 0 amide bonds. The first-order chi connectivity index (χ1) is 0. The van der Waals surface area contributed by atoms with Crippen LogP contribution in [0, 0.1) is 0 Å². The van der Waals surface area contributed by atoms with Crippen LogP contribution in [-0.4, -0.2) is 5.48 Å². The molecule has 1 nitrogen and oxygen atoms in total. The van der Waals surface area contributed by atoms with Crippen molar-refractivity contribution >= 4 is 0 Å². The first-order valence-corrected chi connectivity index (χ1v) is 0. The van der Waals surface area contributed by atoms with Gasteiger partial charge >= 0.3 is 17.1 Å². The van der Waals surface area contributed by atoms with Gasteiger partial charge in [0.15, 0.2) is 0 Å². The summed E-state index contributed by atoms with van der Waals surface area (Å²) in [4.78, 5) is 0. The van der Waals surface area contributed by atoms with Gasteiger partial charge in [-0.3, -0.25) is 0 Å². The van der Waals surface area contributed by atoms with Crippen LogP contribution in [0.5, 0.6) is 0 Å². The second kappa shape index (κ2) is 159. The van der Waals surface area contributed by atoms with Crippen LogP contribution < -0.4 is 9.41 Å². The Kier molecular flexibility index (Phi) is 16600. The van der Waals surface area contributed by atoms with Crippen LogP contribution >= 0.6 is 0 Å². The zero-order valence-electron chi connectivity index (χ0n) is 1.56. The Bertz CT molecular complexity index is 6.00. The molecule has 0 aromatic carbocycles. The summed E-state index contributed by atoms with van der Waals surface area (Å²) in [6, 6.07) is 0. The van der Waals surface area contributed by atoms with Crippen LogP contribution in [0.1, 0.15) is 0 Å². The van der Waals surface area contributed by atoms with Crippen LogP contribution in [0.3, 0.4) is 0 Å². The van der Waals surface area contributed by atoms with E-state index in [1.807, 2.05) is 0 Å². The first-order valence-electron chi connectivity index (χ1n) is 0. The van der Waals surface area contributed by atoms with Crippen LogP contribution in [0.4, 0.5) is 0 Å². The normalized spacial score (nSPS) is 0. The van der Waals surface area contributed by atoms with Gasteiger partial charge in [-0.15, -0.1) is 0 Å². The maximum atomic E-state index is 0. The molecule has 0 aromatic heterocycles. The Morgan fingerprint density at radius 2 is 0.750 bits per heavy atom. The van der Waals surface area contributed by atoms with E-state index in [1.54, 1.807) is 0 Å². The molecular formula is H2CuF2O. The van der Waals surface area contributed by atoms with E-state index in [0.29, 0.717) is 0 Å². The third-order valence-electron chi connectivity index (χ3n) is 0. The Morgan fingerprint density at radius 3 is 0.750 bits per heavy atom. The summed E-state index contributed by atoms with van der Waals surface area (Å²) < 4.78 is 0. The van der Waals surface area contributed by atoms with Crippen LogP contribution in [-0.2, 0) is 17.1 Å². The van der Waals surface area contributed by atoms with E-state index in [1.165, 1.54) is 0 Å². The molecule has 0 saturated carbocycles. The predicted molar refractivity (Wildman–Crippen MR) is 3.61 cm³/mol. The van der Waals surface area contributed by atoms with Crippen molar-refractivity contribution in [1.29, 1.82) is 0 Å². The van der Waals surface area contributed by atoms with Gasteiger partial charge in [-0.05, 0) is 0 Å². The fourth-order valence-electron chi connectivity index (χ4n) is 0. The van der Waals surface area contributed by atoms with Gasteiger partial charge < -0.3 is 14.9 Å². The van der Waals surface area contributed by atoms with Crippen molar-refractivity contribution in [2.75, 3.05) is 0 Å². The maximum absolute atomic E-state index is 0. The largest absolute Gasteiger partial charge is 2.00 e. The number of rotatable bonds is 0. The molecule has 0 aliphatic heterocycles. The minimum absolute atomic E-state index is 0. The monoisotopic (exact) mass is 119 g/mol. The summed E-state index contributed by atoms with van der Waals surface area (Å²) in [6.07, 6.45) is 0. The molecule has 0 fully saturated rings. The van der Waals surface area contributed by atoms with Crippen LogP contribution in [0.2, 0.25) is 0 Å². The Hall–Kier alpha value is 0.339. The third kappa shape index (κ3) is 36.4. The maximum Gasteiger partial charge on any atom is 2.00 e. The summed E-state index contributed by atoms with van der Waals surface area (Å²) in [5, 5.41) is 0. The quantitative estimate of drug-likeness (QED) is 0.284. The summed E-state index contributed by atoms with van der Waals surface area (Å²) >= 11 is 0. The second-order valence-corrected chi connectivity index (χ2v) is 0. The van der Waals surface area contributed by atoms with Crippen LogP contribution in [0.15, 0.2) is 0 Å². The molecule has 0 aromatic rings. The average Bonchev–Trinajstić information content (AvgIpc) is 0. The van der Waals surface area contributed by atoms with E-state index in [9.17, 15) is 0 Å². The van der Waals surface area contributed by atoms with Crippen molar-refractivity contribution in [2.45, 2.75) is 0 Å². The summed E-state index contributed by atoms with van der Waals surface area (Å²) in [6.45, 7) is 0. The van der Waals surface area contributed by atoms with E-state index in [4.69, 9.17) is 0 Å². The van der Waals surface area contributed by atoms with E-state index in [2.05, 4.69) is 0 Å². The molecule has 0 spiro atoms. The summed E-state index contributed by atoms with van der Waals surface area (Å²) in [7, 11) is 0. The van der Waals surface area contributed by atoms with Gasteiger partial charge in [-0.2, -0.15) is 0 Å². The smallest absolute Gasteiger partial charge is 1.00 e. The van der Waals surface area contributed by atoms with Crippen molar-refractivity contribution < 1.29 is 32.0 Å². The molecule has 0 bridgehead atoms.